The van der Waals surface area contributed by atoms with Gasteiger partial charge in [-0.25, -0.2) is 0 Å². The zero-order valence-electron chi connectivity index (χ0n) is 10.6. The van der Waals surface area contributed by atoms with Gasteiger partial charge in [-0.2, -0.15) is 18.4 Å². The Morgan fingerprint density at radius 1 is 1.14 bits per heavy atom. The summed E-state index contributed by atoms with van der Waals surface area (Å²) in [5, 5.41) is 8.82. The zero-order valence-corrected chi connectivity index (χ0v) is 12.2. The van der Waals surface area contributed by atoms with E-state index in [1.54, 1.807) is 6.07 Å². The van der Waals surface area contributed by atoms with Crippen molar-refractivity contribution < 1.29 is 17.9 Å². The molecule has 0 unspecified atom stereocenters. The van der Waals surface area contributed by atoms with E-state index in [1.807, 2.05) is 24.3 Å². The monoisotopic (exact) mass is 355 g/mol. The number of nitrogens with zero attached hydrogens (tertiary/aromatic N) is 1. The Labute approximate surface area is 127 Å². The Morgan fingerprint density at radius 3 is 2.48 bits per heavy atom. The van der Waals surface area contributed by atoms with Crippen molar-refractivity contribution in [3.8, 4) is 11.8 Å². The fourth-order valence-electron chi connectivity index (χ4n) is 1.73. The number of hydrogen-bond acceptors (Lipinski definition) is 2. The van der Waals surface area contributed by atoms with E-state index in [1.165, 1.54) is 6.07 Å². The van der Waals surface area contributed by atoms with Crippen molar-refractivity contribution in [2.45, 2.75) is 12.8 Å². The maximum absolute atomic E-state index is 12.7. The number of benzene rings is 2. The molecule has 0 N–H and O–H groups in total. The Kier molecular flexibility index (Phi) is 4.53. The lowest BCUT2D eigenvalue weighted by Gasteiger charge is -2.11. The summed E-state index contributed by atoms with van der Waals surface area (Å²) in [4.78, 5) is 0. The van der Waals surface area contributed by atoms with Crippen molar-refractivity contribution >= 4 is 15.9 Å². The van der Waals surface area contributed by atoms with E-state index in [-0.39, 0.29) is 12.4 Å². The highest BCUT2D eigenvalue weighted by molar-refractivity contribution is 9.10. The summed E-state index contributed by atoms with van der Waals surface area (Å²) in [6, 6.07) is 12.1. The van der Waals surface area contributed by atoms with E-state index in [4.69, 9.17) is 10.00 Å². The fourth-order valence-corrected chi connectivity index (χ4v) is 2.13. The number of nitriles is 1. The van der Waals surface area contributed by atoms with Crippen LogP contribution in [-0.2, 0) is 12.8 Å². The molecule has 0 heterocycles. The maximum Gasteiger partial charge on any atom is 0.417 e. The van der Waals surface area contributed by atoms with Gasteiger partial charge in [0.1, 0.15) is 12.4 Å². The first-order chi connectivity index (χ1) is 9.91. The van der Waals surface area contributed by atoms with Gasteiger partial charge in [-0.1, -0.05) is 34.1 Å². The Hall–Kier alpha value is -2.00. The molecular formula is C15H9BrF3NO. The smallest absolute Gasteiger partial charge is 0.417 e. The van der Waals surface area contributed by atoms with Gasteiger partial charge in [-0.3, -0.25) is 0 Å². The average Bonchev–Trinajstić information content (AvgIpc) is 2.45. The van der Waals surface area contributed by atoms with Gasteiger partial charge < -0.3 is 4.74 Å². The van der Waals surface area contributed by atoms with E-state index in [2.05, 4.69) is 15.9 Å². The van der Waals surface area contributed by atoms with Crippen LogP contribution in [0.15, 0.2) is 46.9 Å². The van der Waals surface area contributed by atoms with Gasteiger partial charge in [0, 0.05) is 10.0 Å². The van der Waals surface area contributed by atoms with E-state index < -0.39 is 17.3 Å². The normalized spacial score (nSPS) is 11.0. The van der Waals surface area contributed by atoms with Crippen LogP contribution in [0.5, 0.6) is 5.75 Å². The van der Waals surface area contributed by atoms with Crippen LogP contribution in [0.1, 0.15) is 16.7 Å². The Bertz CT molecular complexity index is 692. The van der Waals surface area contributed by atoms with Crippen LogP contribution in [0, 0.1) is 11.3 Å². The molecule has 0 spiro atoms. The van der Waals surface area contributed by atoms with E-state index in [0.29, 0.717) is 0 Å². The molecule has 0 saturated carbocycles. The molecule has 21 heavy (non-hydrogen) atoms. The minimum absolute atomic E-state index is 0.192. The summed E-state index contributed by atoms with van der Waals surface area (Å²) in [6.45, 7) is 0.192. The van der Waals surface area contributed by atoms with Gasteiger partial charge in [0.05, 0.1) is 17.2 Å². The summed E-state index contributed by atoms with van der Waals surface area (Å²) in [5.41, 5.74) is -0.554. The van der Waals surface area contributed by atoms with Crippen molar-refractivity contribution in [3.05, 3.63) is 63.6 Å². The van der Waals surface area contributed by atoms with Gasteiger partial charge in [0.25, 0.3) is 0 Å². The molecule has 0 radical (unpaired) electrons. The Balaban J connectivity index is 2.19. The lowest BCUT2D eigenvalue weighted by molar-refractivity contribution is -0.137. The molecule has 6 heteroatoms. The van der Waals surface area contributed by atoms with Crippen molar-refractivity contribution in [2.24, 2.45) is 0 Å². The van der Waals surface area contributed by atoms with Crippen LogP contribution < -0.4 is 4.74 Å². The van der Waals surface area contributed by atoms with Crippen LogP contribution in [0.2, 0.25) is 0 Å². The highest BCUT2D eigenvalue weighted by atomic mass is 79.9. The molecule has 0 fully saturated rings. The molecule has 0 saturated heterocycles. The van der Waals surface area contributed by atoms with E-state index in [0.717, 1.165) is 22.2 Å². The summed E-state index contributed by atoms with van der Waals surface area (Å²) in [6.07, 6.45) is -4.55. The second-order valence-corrected chi connectivity index (χ2v) is 5.05. The first-order valence-electron chi connectivity index (χ1n) is 5.89. The van der Waals surface area contributed by atoms with E-state index in [9.17, 15) is 13.2 Å². The zero-order chi connectivity index (χ0) is 15.5. The van der Waals surface area contributed by atoms with Crippen molar-refractivity contribution in [1.29, 1.82) is 5.26 Å². The minimum Gasteiger partial charge on any atom is -0.489 e. The van der Waals surface area contributed by atoms with Gasteiger partial charge >= 0.3 is 6.18 Å². The molecule has 0 aliphatic rings. The number of halogens is 4. The van der Waals surface area contributed by atoms with Gasteiger partial charge in [-0.15, -0.1) is 0 Å². The lowest BCUT2D eigenvalue weighted by Crippen LogP contribution is -2.08. The largest absolute Gasteiger partial charge is 0.489 e. The summed E-state index contributed by atoms with van der Waals surface area (Å²) < 4.78 is 44.3. The number of ether oxygens (including phenoxy) is 1. The first-order valence-corrected chi connectivity index (χ1v) is 6.68. The predicted molar refractivity (Wildman–Crippen MR) is 74.6 cm³/mol. The third kappa shape index (κ3) is 3.76. The minimum atomic E-state index is -4.55. The van der Waals surface area contributed by atoms with Crippen LogP contribution in [0.4, 0.5) is 13.2 Å². The molecule has 0 atom stereocenters. The molecule has 0 amide bonds. The van der Waals surface area contributed by atoms with Gasteiger partial charge in [-0.05, 0) is 24.3 Å². The van der Waals surface area contributed by atoms with Crippen molar-refractivity contribution in [3.63, 3.8) is 0 Å². The number of hydrogen-bond donors (Lipinski definition) is 0. The molecule has 2 aromatic rings. The third-order valence-electron chi connectivity index (χ3n) is 2.77. The molecule has 2 aromatic carbocycles. The standard InChI is InChI=1S/C15H9BrF3NO/c16-14-4-2-1-3-10(14)9-21-12-5-6-13(15(17,18)19)11(7-12)8-20/h1-7H,9H2. The van der Waals surface area contributed by atoms with Crippen LogP contribution in [-0.4, -0.2) is 0 Å². The average molecular weight is 356 g/mol. The number of rotatable bonds is 3. The quantitative estimate of drug-likeness (QED) is 0.782. The molecule has 2 nitrogen and oxygen atoms in total. The van der Waals surface area contributed by atoms with Crippen LogP contribution in [0.3, 0.4) is 0 Å². The summed E-state index contributed by atoms with van der Waals surface area (Å²) in [7, 11) is 0. The molecule has 108 valence electrons. The molecule has 0 aliphatic heterocycles. The summed E-state index contributed by atoms with van der Waals surface area (Å²) >= 11 is 3.35. The molecule has 2 rings (SSSR count). The second kappa shape index (κ2) is 6.19. The SMILES string of the molecule is N#Cc1cc(OCc2ccccc2Br)ccc1C(F)(F)F. The highest BCUT2D eigenvalue weighted by Gasteiger charge is 2.33. The molecular weight excluding hydrogens is 347 g/mol. The molecule has 0 aliphatic carbocycles. The van der Waals surface area contributed by atoms with Gasteiger partial charge in [0.2, 0.25) is 0 Å². The third-order valence-corrected chi connectivity index (χ3v) is 3.54. The Morgan fingerprint density at radius 2 is 1.86 bits per heavy atom. The van der Waals surface area contributed by atoms with Crippen molar-refractivity contribution in [2.75, 3.05) is 0 Å². The van der Waals surface area contributed by atoms with Crippen molar-refractivity contribution in [1.82, 2.24) is 0 Å². The molecule has 0 bridgehead atoms. The van der Waals surface area contributed by atoms with Gasteiger partial charge in [0.15, 0.2) is 0 Å². The highest BCUT2D eigenvalue weighted by Crippen LogP contribution is 2.33. The van der Waals surface area contributed by atoms with Crippen LogP contribution in [0.25, 0.3) is 0 Å². The lowest BCUT2D eigenvalue weighted by atomic mass is 10.1. The number of alkyl halides is 3. The predicted octanol–water partition coefficient (Wildman–Crippen LogP) is 4.92. The maximum atomic E-state index is 12.7. The first kappa shape index (κ1) is 15.4. The second-order valence-electron chi connectivity index (χ2n) is 4.20. The summed E-state index contributed by atoms with van der Waals surface area (Å²) in [5.74, 6) is 0.218. The fraction of sp³-hybridized carbons (Fsp3) is 0.133. The molecule has 0 aromatic heterocycles. The van der Waals surface area contributed by atoms with Crippen LogP contribution >= 0.6 is 15.9 Å². The topological polar surface area (TPSA) is 33.0 Å². The van der Waals surface area contributed by atoms with E-state index >= 15 is 0 Å².